The number of rotatable bonds is 0. The molecule has 0 radical (unpaired) electrons. The molecule has 0 aliphatic rings. The third-order valence-electron chi connectivity index (χ3n) is 3.23. The molecule has 0 fully saturated rings. The van der Waals surface area contributed by atoms with Gasteiger partial charge in [-0.2, -0.15) is 0 Å². The highest BCUT2D eigenvalue weighted by Gasteiger charge is 1.98. The molecule has 0 aliphatic heterocycles. The van der Waals surface area contributed by atoms with Crippen LogP contribution in [0.5, 0.6) is 0 Å². The lowest BCUT2D eigenvalue weighted by Gasteiger charge is -2.04. The quantitative estimate of drug-likeness (QED) is 0.595. The molecule has 0 saturated heterocycles. The molecule has 0 aromatic heterocycles. The summed E-state index contributed by atoms with van der Waals surface area (Å²) >= 11 is 0. The maximum atomic E-state index is 3.27. The molecule has 0 aliphatic carbocycles. The van der Waals surface area contributed by atoms with Crippen LogP contribution in [0, 0.1) is 39.5 Å². The van der Waals surface area contributed by atoms with E-state index in [9.17, 15) is 0 Å². The third-order valence-corrected chi connectivity index (χ3v) is 3.23. The second-order valence-corrected chi connectivity index (χ2v) is 4.87. The smallest absolute Gasteiger partial charge is 0.0281 e. The van der Waals surface area contributed by atoms with Crippen molar-refractivity contribution in [2.24, 2.45) is 0 Å². The Bertz CT molecular complexity index is 620. The molecule has 2 aromatic rings. The van der Waals surface area contributed by atoms with Crippen LogP contribution in [0.2, 0.25) is 0 Å². The second kappa shape index (κ2) is 5.10. The van der Waals surface area contributed by atoms with Crippen LogP contribution >= 0.6 is 0 Å². The van der Waals surface area contributed by atoms with Gasteiger partial charge in [-0.05, 0) is 62.6 Å². The van der Waals surface area contributed by atoms with Crippen LogP contribution in [-0.4, -0.2) is 0 Å². The van der Waals surface area contributed by atoms with Crippen LogP contribution in [0.4, 0.5) is 0 Å². The Labute approximate surface area is 110 Å². The molecule has 0 nitrogen and oxygen atoms in total. The van der Waals surface area contributed by atoms with Crippen molar-refractivity contribution in [3.8, 4) is 11.8 Å². The van der Waals surface area contributed by atoms with Gasteiger partial charge in [-0.1, -0.05) is 35.6 Å². The lowest BCUT2D eigenvalue weighted by Crippen LogP contribution is -1.88. The van der Waals surface area contributed by atoms with Crippen molar-refractivity contribution in [3.05, 3.63) is 69.8 Å². The van der Waals surface area contributed by atoms with Crippen LogP contribution in [0.1, 0.15) is 33.4 Å². The SMILES string of the molecule is Cc1ccc(C#Cc2cc(C)c(C)cc2C)cc1. The van der Waals surface area contributed by atoms with E-state index in [4.69, 9.17) is 0 Å². The van der Waals surface area contributed by atoms with Gasteiger partial charge in [-0.3, -0.25) is 0 Å². The molecule has 0 atom stereocenters. The summed E-state index contributed by atoms with van der Waals surface area (Å²) in [5.74, 6) is 6.49. The van der Waals surface area contributed by atoms with Gasteiger partial charge < -0.3 is 0 Å². The van der Waals surface area contributed by atoms with Gasteiger partial charge in [0.25, 0.3) is 0 Å². The average Bonchev–Trinajstić information content (AvgIpc) is 2.34. The molecule has 18 heavy (non-hydrogen) atoms. The van der Waals surface area contributed by atoms with E-state index >= 15 is 0 Å². The number of benzene rings is 2. The Morgan fingerprint density at radius 2 is 1.28 bits per heavy atom. The molecule has 0 N–H and O–H groups in total. The van der Waals surface area contributed by atoms with Gasteiger partial charge in [-0.15, -0.1) is 0 Å². The van der Waals surface area contributed by atoms with E-state index in [1.165, 1.54) is 22.3 Å². The first-order valence-corrected chi connectivity index (χ1v) is 6.23. The Morgan fingerprint density at radius 3 is 1.94 bits per heavy atom. The minimum absolute atomic E-state index is 1.07. The Kier molecular flexibility index (Phi) is 3.53. The highest BCUT2D eigenvalue weighted by molar-refractivity contribution is 5.49. The predicted molar refractivity (Wildman–Crippen MR) is 77.8 cm³/mol. The highest BCUT2D eigenvalue weighted by atomic mass is 14.0. The van der Waals surface area contributed by atoms with Crippen LogP contribution in [-0.2, 0) is 0 Å². The van der Waals surface area contributed by atoms with Gasteiger partial charge in [0.05, 0.1) is 0 Å². The van der Waals surface area contributed by atoms with Crippen molar-refractivity contribution in [2.75, 3.05) is 0 Å². The number of hydrogen-bond donors (Lipinski definition) is 0. The lowest BCUT2D eigenvalue weighted by atomic mass is 10.0. The van der Waals surface area contributed by atoms with Crippen molar-refractivity contribution in [1.29, 1.82) is 0 Å². The van der Waals surface area contributed by atoms with E-state index in [0.717, 1.165) is 11.1 Å². The summed E-state index contributed by atoms with van der Waals surface area (Å²) in [5, 5.41) is 0. The third kappa shape index (κ3) is 2.81. The van der Waals surface area contributed by atoms with Gasteiger partial charge in [0.2, 0.25) is 0 Å². The average molecular weight is 234 g/mol. The minimum Gasteiger partial charge on any atom is -0.0616 e. The van der Waals surface area contributed by atoms with Crippen molar-refractivity contribution in [1.82, 2.24) is 0 Å². The minimum atomic E-state index is 1.07. The van der Waals surface area contributed by atoms with E-state index in [-0.39, 0.29) is 0 Å². The van der Waals surface area contributed by atoms with Crippen LogP contribution < -0.4 is 0 Å². The van der Waals surface area contributed by atoms with Gasteiger partial charge in [0.15, 0.2) is 0 Å². The molecule has 0 bridgehead atoms. The molecule has 0 saturated carbocycles. The maximum absolute atomic E-state index is 3.27. The molecule has 0 heteroatoms. The molecular weight excluding hydrogens is 216 g/mol. The first-order valence-electron chi connectivity index (χ1n) is 6.23. The molecule has 0 unspecified atom stereocenters. The van der Waals surface area contributed by atoms with E-state index in [0.29, 0.717) is 0 Å². The van der Waals surface area contributed by atoms with Gasteiger partial charge >= 0.3 is 0 Å². The Morgan fingerprint density at radius 1 is 0.667 bits per heavy atom. The monoisotopic (exact) mass is 234 g/mol. The molecule has 0 heterocycles. The fraction of sp³-hybridized carbons (Fsp3) is 0.222. The fourth-order valence-electron chi connectivity index (χ4n) is 1.87. The van der Waals surface area contributed by atoms with Crippen LogP contribution in [0.15, 0.2) is 36.4 Å². The summed E-state index contributed by atoms with van der Waals surface area (Å²) in [7, 11) is 0. The zero-order valence-electron chi connectivity index (χ0n) is 11.5. The lowest BCUT2D eigenvalue weighted by molar-refractivity contribution is 1.28. The summed E-state index contributed by atoms with van der Waals surface area (Å²) in [6.07, 6.45) is 0. The Hall–Kier alpha value is -2.00. The standard InChI is InChI=1S/C18H18/c1-13-5-7-17(8-6-13)9-10-18-12-15(3)14(2)11-16(18)4/h5-8,11-12H,1-4H3. The number of hydrogen-bond acceptors (Lipinski definition) is 0. The van der Waals surface area contributed by atoms with Gasteiger partial charge in [-0.25, -0.2) is 0 Å². The van der Waals surface area contributed by atoms with Crippen molar-refractivity contribution < 1.29 is 0 Å². The van der Waals surface area contributed by atoms with Crippen molar-refractivity contribution in [2.45, 2.75) is 27.7 Å². The number of aryl methyl sites for hydroxylation is 4. The van der Waals surface area contributed by atoms with Gasteiger partial charge in [0, 0.05) is 11.1 Å². The molecular formula is C18H18. The highest BCUT2D eigenvalue weighted by Crippen LogP contribution is 2.14. The first-order chi connectivity index (χ1) is 8.56. The molecule has 0 spiro atoms. The molecule has 2 rings (SSSR count). The molecule has 0 amide bonds. The van der Waals surface area contributed by atoms with E-state index in [2.05, 4.69) is 75.9 Å². The summed E-state index contributed by atoms with van der Waals surface area (Å²) in [5.41, 5.74) is 7.33. The van der Waals surface area contributed by atoms with E-state index in [1.807, 2.05) is 0 Å². The zero-order valence-corrected chi connectivity index (χ0v) is 11.5. The summed E-state index contributed by atoms with van der Waals surface area (Å²) < 4.78 is 0. The largest absolute Gasteiger partial charge is 0.0616 e. The van der Waals surface area contributed by atoms with Crippen molar-refractivity contribution >= 4 is 0 Å². The summed E-state index contributed by atoms with van der Waals surface area (Å²) in [6, 6.07) is 12.7. The van der Waals surface area contributed by atoms with Crippen molar-refractivity contribution in [3.63, 3.8) is 0 Å². The van der Waals surface area contributed by atoms with Crippen LogP contribution in [0.3, 0.4) is 0 Å². The Balaban J connectivity index is 2.35. The second-order valence-electron chi connectivity index (χ2n) is 4.87. The summed E-state index contributed by atoms with van der Waals surface area (Å²) in [4.78, 5) is 0. The molecule has 90 valence electrons. The predicted octanol–water partition coefficient (Wildman–Crippen LogP) is 4.32. The maximum Gasteiger partial charge on any atom is 0.0281 e. The first kappa shape index (κ1) is 12.5. The normalized spacial score (nSPS) is 9.78. The van der Waals surface area contributed by atoms with E-state index < -0.39 is 0 Å². The van der Waals surface area contributed by atoms with Crippen LogP contribution in [0.25, 0.3) is 0 Å². The zero-order chi connectivity index (χ0) is 13.1. The summed E-state index contributed by atoms with van der Waals surface area (Å²) in [6.45, 7) is 8.47. The fourth-order valence-corrected chi connectivity index (χ4v) is 1.87. The molecule has 2 aromatic carbocycles. The van der Waals surface area contributed by atoms with E-state index in [1.54, 1.807) is 0 Å². The topological polar surface area (TPSA) is 0 Å². The van der Waals surface area contributed by atoms with Gasteiger partial charge in [0.1, 0.15) is 0 Å².